The number of nitrogens with zero attached hydrogens (tertiary/aromatic N) is 3. The molecule has 2 atom stereocenters. The maximum absolute atomic E-state index is 12.8. The van der Waals surface area contributed by atoms with E-state index in [0.29, 0.717) is 24.1 Å². The minimum absolute atomic E-state index is 0.0153. The molecule has 2 N–H and O–H groups in total. The van der Waals surface area contributed by atoms with Crippen molar-refractivity contribution in [2.75, 3.05) is 11.9 Å². The first-order valence-electron chi connectivity index (χ1n) is 11.5. The molecule has 1 fully saturated rings. The molecule has 2 aromatic heterocycles. The van der Waals surface area contributed by atoms with Crippen LogP contribution >= 0.6 is 12.2 Å². The van der Waals surface area contributed by atoms with Crippen LogP contribution in [0.25, 0.3) is 0 Å². The molecule has 4 rings (SSSR count). The second kappa shape index (κ2) is 10.2. The van der Waals surface area contributed by atoms with Gasteiger partial charge in [-0.3, -0.25) is 9.78 Å². The molecule has 1 aliphatic rings. The molecular formula is C26H31N5OS. The minimum atomic E-state index is -0.0782. The summed E-state index contributed by atoms with van der Waals surface area (Å²) >= 11 is 5.72. The van der Waals surface area contributed by atoms with Gasteiger partial charge < -0.3 is 20.1 Å². The number of carbonyl (C=O) groups excluding carboxylic acids is 1. The van der Waals surface area contributed by atoms with Gasteiger partial charge >= 0.3 is 0 Å². The first-order valence-corrected chi connectivity index (χ1v) is 11.9. The van der Waals surface area contributed by atoms with E-state index >= 15 is 0 Å². The van der Waals surface area contributed by atoms with E-state index in [9.17, 15) is 4.79 Å². The lowest BCUT2D eigenvalue weighted by molar-refractivity contribution is -0.116. The molecule has 1 aliphatic heterocycles. The number of carbonyl (C=O) groups is 1. The van der Waals surface area contributed by atoms with Gasteiger partial charge in [0.05, 0.1) is 17.8 Å². The van der Waals surface area contributed by atoms with Crippen LogP contribution in [0.1, 0.15) is 62.1 Å². The highest BCUT2D eigenvalue weighted by atomic mass is 32.1. The lowest BCUT2D eigenvalue weighted by atomic mass is 9.99. The van der Waals surface area contributed by atoms with E-state index in [1.807, 2.05) is 42.5 Å². The minimum Gasteiger partial charge on any atom is -0.352 e. The van der Waals surface area contributed by atoms with Crippen molar-refractivity contribution >= 4 is 28.9 Å². The SMILES string of the molecule is CCc1ccccc1NC(=O)CCN1C(=S)NC(c2ccccn2)C1c1ccn(C(C)C)c1. The number of para-hydroxylation sites is 1. The fraction of sp³-hybridized carbons (Fsp3) is 0.346. The van der Waals surface area contributed by atoms with E-state index in [1.165, 1.54) is 0 Å². The lowest BCUT2D eigenvalue weighted by Crippen LogP contribution is -2.32. The van der Waals surface area contributed by atoms with Gasteiger partial charge in [0.2, 0.25) is 5.91 Å². The van der Waals surface area contributed by atoms with Crippen molar-refractivity contribution in [1.82, 2.24) is 19.8 Å². The molecular weight excluding hydrogens is 430 g/mol. The number of anilines is 1. The molecule has 0 aliphatic carbocycles. The van der Waals surface area contributed by atoms with E-state index in [-0.39, 0.29) is 18.0 Å². The van der Waals surface area contributed by atoms with E-state index in [4.69, 9.17) is 12.2 Å². The first-order chi connectivity index (χ1) is 16.0. The number of pyridine rings is 1. The summed E-state index contributed by atoms with van der Waals surface area (Å²) in [6.07, 6.45) is 7.29. The molecule has 0 saturated carbocycles. The van der Waals surface area contributed by atoms with E-state index < -0.39 is 0 Å². The summed E-state index contributed by atoms with van der Waals surface area (Å²) in [6, 6.07) is 16.2. The Morgan fingerprint density at radius 3 is 2.67 bits per heavy atom. The second-order valence-electron chi connectivity index (χ2n) is 8.61. The highest BCUT2D eigenvalue weighted by Gasteiger charge is 2.40. The number of rotatable bonds is 8. The summed E-state index contributed by atoms with van der Waals surface area (Å²) in [5.41, 5.74) is 4.10. The number of thiocarbonyl (C=S) groups is 1. The van der Waals surface area contributed by atoms with Crippen LogP contribution in [0, 0.1) is 0 Å². The Balaban J connectivity index is 1.54. The molecule has 0 spiro atoms. The van der Waals surface area contributed by atoms with Crippen LogP contribution in [0.15, 0.2) is 67.1 Å². The van der Waals surface area contributed by atoms with Gasteiger partial charge in [0.25, 0.3) is 0 Å². The van der Waals surface area contributed by atoms with Gasteiger partial charge in [-0.15, -0.1) is 0 Å². The fourth-order valence-corrected chi connectivity index (χ4v) is 4.65. The normalized spacial score (nSPS) is 17.9. The van der Waals surface area contributed by atoms with Gasteiger partial charge in [-0.25, -0.2) is 0 Å². The largest absolute Gasteiger partial charge is 0.352 e. The summed E-state index contributed by atoms with van der Waals surface area (Å²) < 4.78 is 2.19. The number of benzene rings is 1. The van der Waals surface area contributed by atoms with Crippen molar-refractivity contribution in [3.8, 4) is 0 Å². The number of hydrogen-bond donors (Lipinski definition) is 2. The first kappa shape index (κ1) is 23.0. The highest BCUT2D eigenvalue weighted by Crippen LogP contribution is 2.39. The van der Waals surface area contributed by atoms with Crippen LogP contribution in [0.3, 0.4) is 0 Å². The highest BCUT2D eigenvalue weighted by molar-refractivity contribution is 7.80. The third kappa shape index (κ3) is 5.09. The van der Waals surface area contributed by atoms with Crippen molar-refractivity contribution in [2.45, 2.75) is 51.7 Å². The molecule has 3 aromatic rings. The second-order valence-corrected chi connectivity index (χ2v) is 9.00. The maximum atomic E-state index is 12.8. The molecule has 7 heteroatoms. The zero-order valence-electron chi connectivity index (χ0n) is 19.4. The van der Waals surface area contributed by atoms with Gasteiger partial charge in [-0.1, -0.05) is 31.2 Å². The predicted molar refractivity (Wildman–Crippen MR) is 136 cm³/mol. The Bertz CT molecular complexity index is 1110. The third-order valence-corrected chi connectivity index (χ3v) is 6.48. The number of aryl methyl sites for hydroxylation is 1. The van der Waals surface area contributed by atoms with Gasteiger partial charge in [0.1, 0.15) is 0 Å². The lowest BCUT2D eigenvalue weighted by Gasteiger charge is -2.27. The maximum Gasteiger partial charge on any atom is 0.226 e. The summed E-state index contributed by atoms with van der Waals surface area (Å²) in [5.74, 6) is -0.0153. The molecule has 33 heavy (non-hydrogen) atoms. The number of aromatic nitrogens is 2. The molecule has 172 valence electrons. The summed E-state index contributed by atoms with van der Waals surface area (Å²) in [6.45, 7) is 6.93. The Hall–Kier alpha value is -3.19. The Kier molecular flexibility index (Phi) is 7.08. The monoisotopic (exact) mass is 461 g/mol. The Labute approximate surface area is 201 Å². The van der Waals surface area contributed by atoms with E-state index in [0.717, 1.165) is 28.9 Å². The molecule has 6 nitrogen and oxygen atoms in total. The van der Waals surface area contributed by atoms with Crippen LogP contribution < -0.4 is 10.6 Å². The molecule has 1 amide bonds. The third-order valence-electron chi connectivity index (χ3n) is 6.12. The zero-order chi connectivity index (χ0) is 23.4. The molecule has 0 bridgehead atoms. The average molecular weight is 462 g/mol. The zero-order valence-corrected chi connectivity index (χ0v) is 20.2. The van der Waals surface area contributed by atoms with Gasteiger partial charge in [-0.2, -0.15) is 0 Å². The summed E-state index contributed by atoms with van der Waals surface area (Å²) in [5, 5.41) is 7.17. The number of hydrogen-bond acceptors (Lipinski definition) is 3. The average Bonchev–Trinajstić information content (AvgIpc) is 3.43. The summed E-state index contributed by atoms with van der Waals surface area (Å²) in [4.78, 5) is 19.5. The molecule has 3 heterocycles. The van der Waals surface area contributed by atoms with Crippen LogP contribution in [0.4, 0.5) is 5.69 Å². The topological polar surface area (TPSA) is 62.2 Å². The van der Waals surface area contributed by atoms with Gasteiger partial charge in [0, 0.05) is 43.3 Å². The molecule has 1 saturated heterocycles. The van der Waals surface area contributed by atoms with E-state index in [1.54, 1.807) is 6.20 Å². The van der Waals surface area contributed by atoms with Gasteiger partial charge in [0.15, 0.2) is 5.11 Å². The standard InChI is InChI=1S/C26H31N5OS/c1-4-19-9-5-6-10-21(19)28-23(32)13-16-31-25(20-12-15-30(17-20)18(2)3)24(29-26(31)33)22-11-7-8-14-27-22/h5-12,14-15,17-18,24-25H,4,13,16H2,1-3H3,(H,28,32)(H,29,33). The van der Waals surface area contributed by atoms with Crippen molar-refractivity contribution < 1.29 is 4.79 Å². The van der Waals surface area contributed by atoms with Crippen molar-refractivity contribution in [2.24, 2.45) is 0 Å². The smallest absolute Gasteiger partial charge is 0.226 e. The van der Waals surface area contributed by atoms with Crippen LogP contribution in [0.5, 0.6) is 0 Å². The van der Waals surface area contributed by atoms with Crippen LogP contribution in [-0.2, 0) is 11.2 Å². The van der Waals surface area contributed by atoms with Crippen molar-refractivity contribution in [3.05, 3.63) is 83.9 Å². The Morgan fingerprint density at radius 1 is 1.18 bits per heavy atom. The molecule has 1 aromatic carbocycles. The van der Waals surface area contributed by atoms with Crippen molar-refractivity contribution in [3.63, 3.8) is 0 Å². The number of amides is 1. The quantitative estimate of drug-likeness (QED) is 0.461. The predicted octanol–water partition coefficient (Wildman–Crippen LogP) is 5.03. The number of nitrogens with one attached hydrogen (secondary N) is 2. The van der Waals surface area contributed by atoms with Gasteiger partial charge in [-0.05, 0) is 67.9 Å². The van der Waals surface area contributed by atoms with Crippen LogP contribution in [-0.4, -0.2) is 32.0 Å². The van der Waals surface area contributed by atoms with Crippen molar-refractivity contribution in [1.29, 1.82) is 0 Å². The van der Waals surface area contributed by atoms with Crippen LogP contribution in [0.2, 0.25) is 0 Å². The fourth-order valence-electron chi connectivity index (χ4n) is 4.32. The Morgan fingerprint density at radius 2 is 1.97 bits per heavy atom. The van der Waals surface area contributed by atoms with E-state index in [2.05, 4.69) is 64.3 Å². The molecule has 2 unspecified atom stereocenters. The summed E-state index contributed by atoms with van der Waals surface area (Å²) in [7, 11) is 0. The molecule has 0 radical (unpaired) electrons.